The molecule has 0 aromatic carbocycles. The van der Waals surface area contributed by atoms with Crippen LogP contribution in [0.5, 0.6) is 0 Å². The van der Waals surface area contributed by atoms with Crippen LogP contribution < -0.4 is 0 Å². The van der Waals surface area contributed by atoms with E-state index < -0.39 is 0 Å². The molecule has 0 aliphatic rings. The zero-order chi connectivity index (χ0) is 6.95. The minimum Gasteiger partial charge on any atom is -0.365 e. The third-order valence-electron chi connectivity index (χ3n) is 0.597. The molecule has 9 heavy (non-hydrogen) atoms. The van der Waals surface area contributed by atoms with Gasteiger partial charge in [0.25, 0.3) is 0 Å². The molecule has 0 spiro atoms. The number of oxime groups is 1. The molecule has 0 fully saturated rings. The highest BCUT2D eigenvalue weighted by Crippen LogP contribution is 1.81. The van der Waals surface area contributed by atoms with E-state index in [1.54, 1.807) is 0 Å². The number of alkyl halides is 1. The normalized spacial score (nSPS) is 11.3. The molecule has 3 heteroatoms. The molecule has 0 rings (SSSR count). The fourth-order valence-electron chi connectivity index (χ4n) is 0.246. The van der Waals surface area contributed by atoms with E-state index in [-0.39, 0.29) is 0 Å². The second-order valence-electron chi connectivity index (χ2n) is 1.33. The predicted molar refractivity (Wildman–Crippen MR) is 39.7 cm³/mol. The minimum absolute atomic E-state index is 0.389. The molecule has 0 aliphatic heterocycles. The van der Waals surface area contributed by atoms with Crippen LogP contribution in [0.4, 0.5) is 0 Å². The van der Waals surface area contributed by atoms with E-state index in [9.17, 15) is 0 Å². The van der Waals surface area contributed by atoms with Crippen molar-refractivity contribution in [1.82, 2.24) is 0 Å². The second-order valence-corrected chi connectivity index (χ2v) is 1.64. The van der Waals surface area contributed by atoms with Gasteiger partial charge in [-0.3, -0.25) is 0 Å². The zero-order valence-corrected chi connectivity index (χ0v) is 6.14. The number of allylic oxidation sites excluding steroid dienone is 1. The highest BCUT2D eigenvalue weighted by molar-refractivity contribution is 6.24. The summed E-state index contributed by atoms with van der Waals surface area (Å²) in [5, 5.41) is 3.48. The van der Waals surface area contributed by atoms with Crippen molar-refractivity contribution in [2.24, 2.45) is 5.16 Å². The molecule has 0 N–H and O–H groups in total. The summed E-state index contributed by atoms with van der Waals surface area (Å²) < 4.78 is 0. The Hall–Kier alpha value is -0.500. The van der Waals surface area contributed by atoms with E-state index in [1.807, 2.05) is 13.0 Å². The molecule has 2 nitrogen and oxygen atoms in total. The van der Waals surface area contributed by atoms with Crippen molar-refractivity contribution in [3.05, 3.63) is 12.3 Å². The van der Waals surface area contributed by atoms with E-state index in [0.29, 0.717) is 5.88 Å². The Morgan fingerprint density at radius 2 is 2.44 bits per heavy atom. The standard InChI is InChI=1S/C6H10ClNO/c1-2-3-6-9-8-5-4-7/h3,5-6H,2,4H2,1H3/b6-3+,8-5-. The fourth-order valence-corrected chi connectivity index (χ4v) is 0.302. The number of nitrogens with zero attached hydrogens (tertiary/aromatic N) is 1. The lowest BCUT2D eigenvalue weighted by Crippen LogP contribution is -1.73. The summed E-state index contributed by atoms with van der Waals surface area (Å²) >= 11 is 5.26. The topological polar surface area (TPSA) is 21.6 Å². The molecule has 0 saturated heterocycles. The average molecular weight is 148 g/mol. The first-order valence-corrected chi connectivity index (χ1v) is 3.34. The molecule has 0 heterocycles. The van der Waals surface area contributed by atoms with Gasteiger partial charge in [-0.05, 0) is 12.5 Å². The van der Waals surface area contributed by atoms with Gasteiger partial charge in [0.05, 0.1) is 12.1 Å². The molecule has 0 saturated carbocycles. The molecular formula is C6H10ClNO. The monoisotopic (exact) mass is 147 g/mol. The van der Waals surface area contributed by atoms with Crippen LogP contribution >= 0.6 is 11.6 Å². The first-order chi connectivity index (χ1) is 4.41. The Balaban J connectivity index is 3.08. The largest absolute Gasteiger partial charge is 0.365 e. The van der Waals surface area contributed by atoms with Crippen LogP contribution in [0.3, 0.4) is 0 Å². The lowest BCUT2D eigenvalue weighted by molar-refractivity contribution is 0.269. The third-order valence-corrected chi connectivity index (χ3v) is 0.735. The SMILES string of the molecule is CC/C=C/O/N=C\CCl. The van der Waals surface area contributed by atoms with Crippen LogP contribution in [0, 0.1) is 0 Å². The Kier molecular flexibility index (Phi) is 7.08. The van der Waals surface area contributed by atoms with Crippen molar-refractivity contribution in [3.63, 3.8) is 0 Å². The smallest absolute Gasteiger partial charge is 0.118 e. The summed E-state index contributed by atoms with van der Waals surface area (Å²) in [6.07, 6.45) is 5.84. The predicted octanol–water partition coefficient (Wildman–Crippen LogP) is 2.15. The minimum atomic E-state index is 0.389. The van der Waals surface area contributed by atoms with Gasteiger partial charge in [-0.25, -0.2) is 0 Å². The first-order valence-electron chi connectivity index (χ1n) is 2.80. The van der Waals surface area contributed by atoms with Crippen LogP contribution in [0.25, 0.3) is 0 Å². The van der Waals surface area contributed by atoms with Gasteiger partial charge in [0.15, 0.2) is 0 Å². The molecule has 0 aromatic rings. The Morgan fingerprint density at radius 3 is 3.00 bits per heavy atom. The molecular weight excluding hydrogens is 138 g/mol. The molecule has 0 aromatic heterocycles. The van der Waals surface area contributed by atoms with Gasteiger partial charge in [0, 0.05) is 0 Å². The van der Waals surface area contributed by atoms with Gasteiger partial charge in [-0.15, -0.1) is 11.6 Å². The average Bonchev–Trinajstić information content (AvgIpc) is 1.89. The first kappa shape index (κ1) is 8.50. The molecule has 0 radical (unpaired) electrons. The van der Waals surface area contributed by atoms with Crippen LogP contribution in [0.1, 0.15) is 13.3 Å². The van der Waals surface area contributed by atoms with Gasteiger partial charge >= 0.3 is 0 Å². The van der Waals surface area contributed by atoms with Crippen LogP contribution in [-0.2, 0) is 4.84 Å². The van der Waals surface area contributed by atoms with Crippen molar-refractivity contribution in [2.75, 3.05) is 5.88 Å². The number of hydrogen-bond acceptors (Lipinski definition) is 2. The summed E-state index contributed by atoms with van der Waals surface area (Å²) in [6.45, 7) is 2.02. The maximum Gasteiger partial charge on any atom is 0.118 e. The Morgan fingerprint density at radius 1 is 1.67 bits per heavy atom. The zero-order valence-electron chi connectivity index (χ0n) is 5.38. The molecule has 0 unspecified atom stereocenters. The number of rotatable bonds is 4. The maximum absolute atomic E-state index is 5.26. The number of halogens is 1. The summed E-state index contributed by atoms with van der Waals surface area (Å²) in [5.74, 6) is 0.389. The third kappa shape index (κ3) is 7.50. The Bertz CT molecular complexity index is 89.2. The fraction of sp³-hybridized carbons (Fsp3) is 0.500. The summed E-state index contributed by atoms with van der Waals surface area (Å²) in [7, 11) is 0. The van der Waals surface area contributed by atoms with Crippen LogP contribution in [0.15, 0.2) is 17.5 Å². The van der Waals surface area contributed by atoms with Crippen molar-refractivity contribution < 1.29 is 4.84 Å². The molecule has 0 atom stereocenters. The molecule has 0 aliphatic carbocycles. The highest BCUT2D eigenvalue weighted by Gasteiger charge is 1.68. The van der Waals surface area contributed by atoms with Crippen LogP contribution in [-0.4, -0.2) is 12.1 Å². The lowest BCUT2D eigenvalue weighted by Gasteiger charge is -1.83. The molecule has 0 bridgehead atoms. The maximum atomic E-state index is 5.26. The summed E-state index contributed by atoms with van der Waals surface area (Å²) in [6, 6.07) is 0. The van der Waals surface area contributed by atoms with Gasteiger partial charge in [-0.1, -0.05) is 12.1 Å². The highest BCUT2D eigenvalue weighted by atomic mass is 35.5. The van der Waals surface area contributed by atoms with Gasteiger partial charge in [0.2, 0.25) is 0 Å². The summed E-state index contributed by atoms with van der Waals surface area (Å²) in [4.78, 5) is 4.62. The van der Waals surface area contributed by atoms with E-state index in [0.717, 1.165) is 6.42 Å². The van der Waals surface area contributed by atoms with Crippen molar-refractivity contribution >= 4 is 17.8 Å². The van der Waals surface area contributed by atoms with E-state index >= 15 is 0 Å². The van der Waals surface area contributed by atoms with Crippen molar-refractivity contribution in [3.8, 4) is 0 Å². The second kappa shape index (κ2) is 7.50. The van der Waals surface area contributed by atoms with Gasteiger partial charge < -0.3 is 4.84 Å². The Labute approximate surface area is 60.1 Å². The van der Waals surface area contributed by atoms with Crippen LogP contribution in [0.2, 0.25) is 0 Å². The van der Waals surface area contributed by atoms with Gasteiger partial charge in [-0.2, -0.15) is 0 Å². The molecule has 0 amide bonds. The number of hydrogen-bond donors (Lipinski definition) is 0. The van der Waals surface area contributed by atoms with Crippen molar-refractivity contribution in [2.45, 2.75) is 13.3 Å². The summed E-state index contributed by atoms with van der Waals surface area (Å²) in [5.41, 5.74) is 0. The van der Waals surface area contributed by atoms with Crippen molar-refractivity contribution in [1.29, 1.82) is 0 Å². The lowest BCUT2D eigenvalue weighted by atomic mass is 10.5. The quantitative estimate of drug-likeness (QED) is 0.259. The molecule has 52 valence electrons. The van der Waals surface area contributed by atoms with Gasteiger partial charge in [0.1, 0.15) is 6.26 Å². The van der Waals surface area contributed by atoms with E-state index in [1.165, 1.54) is 12.5 Å². The van der Waals surface area contributed by atoms with E-state index in [2.05, 4.69) is 9.99 Å². The van der Waals surface area contributed by atoms with E-state index in [4.69, 9.17) is 11.6 Å².